The summed E-state index contributed by atoms with van der Waals surface area (Å²) in [6, 6.07) is 15.1. The Hall–Kier alpha value is -3.33. The molecule has 2 aromatic rings. The molecule has 1 fully saturated rings. The number of benzene rings is 2. The van der Waals surface area contributed by atoms with Crippen LogP contribution < -0.4 is 15.0 Å². The van der Waals surface area contributed by atoms with Crippen LogP contribution in [0.15, 0.2) is 58.5 Å². The van der Waals surface area contributed by atoms with Crippen LogP contribution in [0.3, 0.4) is 0 Å². The van der Waals surface area contributed by atoms with E-state index in [1.807, 2.05) is 48.2 Å². The summed E-state index contributed by atoms with van der Waals surface area (Å²) in [6.45, 7) is 3.45. The molecule has 0 saturated carbocycles. The van der Waals surface area contributed by atoms with Crippen LogP contribution in [0.2, 0.25) is 0 Å². The van der Waals surface area contributed by atoms with Crippen molar-refractivity contribution in [1.29, 1.82) is 0 Å². The van der Waals surface area contributed by atoms with Gasteiger partial charge in [0.25, 0.3) is 10.0 Å². The molecular weight excluding hydrogens is 464 g/mol. The van der Waals surface area contributed by atoms with E-state index in [-0.39, 0.29) is 16.7 Å². The van der Waals surface area contributed by atoms with Gasteiger partial charge < -0.3 is 19.9 Å². The predicted octanol–water partition coefficient (Wildman–Crippen LogP) is 3.26. The van der Waals surface area contributed by atoms with Gasteiger partial charge in [-0.3, -0.25) is 4.79 Å². The van der Waals surface area contributed by atoms with Crippen molar-refractivity contribution in [2.24, 2.45) is 10.3 Å². The van der Waals surface area contributed by atoms with E-state index in [2.05, 4.69) is 9.71 Å². The second kappa shape index (κ2) is 10.1. The Morgan fingerprint density at radius 3 is 2.29 bits per heavy atom. The minimum absolute atomic E-state index is 0.0357. The molecule has 2 aliphatic heterocycles. The predicted molar refractivity (Wildman–Crippen MR) is 139 cm³/mol. The van der Waals surface area contributed by atoms with Crippen molar-refractivity contribution in [2.45, 2.75) is 26.3 Å². The number of likely N-dealkylation sites (tertiary alicyclic amines) is 1. The molecule has 0 aliphatic carbocycles. The van der Waals surface area contributed by atoms with E-state index in [1.165, 1.54) is 0 Å². The van der Waals surface area contributed by atoms with Crippen molar-refractivity contribution in [3.63, 3.8) is 0 Å². The molecule has 4 rings (SSSR count). The molecule has 0 unspecified atom stereocenters. The Bertz CT molecular complexity index is 1240. The first-order valence-electron chi connectivity index (χ1n) is 11.7. The Labute approximate surface area is 207 Å². The minimum Gasteiger partial charge on any atom is -0.497 e. The van der Waals surface area contributed by atoms with Crippen molar-refractivity contribution in [2.75, 3.05) is 39.2 Å². The Balaban J connectivity index is 1.37. The van der Waals surface area contributed by atoms with Crippen LogP contribution in [0.1, 0.15) is 30.9 Å². The maximum absolute atomic E-state index is 12.9. The van der Waals surface area contributed by atoms with Gasteiger partial charge in [-0.05, 0) is 67.3 Å². The molecule has 1 saturated heterocycles. The van der Waals surface area contributed by atoms with E-state index in [9.17, 15) is 13.2 Å². The van der Waals surface area contributed by atoms with Gasteiger partial charge in [-0.25, -0.2) is 0 Å². The summed E-state index contributed by atoms with van der Waals surface area (Å²) >= 11 is 0. The summed E-state index contributed by atoms with van der Waals surface area (Å²) in [6.07, 6.45) is 1.30. The van der Waals surface area contributed by atoms with Gasteiger partial charge in [-0.15, -0.1) is 4.40 Å². The minimum atomic E-state index is -3.78. The van der Waals surface area contributed by atoms with E-state index < -0.39 is 10.0 Å². The summed E-state index contributed by atoms with van der Waals surface area (Å²) in [5.74, 6) is 1.08. The quantitative estimate of drug-likeness (QED) is 0.660. The Morgan fingerprint density at radius 2 is 1.71 bits per heavy atom. The maximum atomic E-state index is 12.9. The fourth-order valence-electron chi connectivity index (χ4n) is 4.52. The fraction of sp³-hybridized carbons (Fsp3) is 0.385. The fourth-order valence-corrected chi connectivity index (χ4v) is 6.01. The molecule has 0 atom stereocenters. The van der Waals surface area contributed by atoms with Crippen LogP contribution in [0.5, 0.6) is 5.75 Å². The van der Waals surface area contributed by atoms with Gasteiger partial charge >= 0.3 is 0 Å². The summed E-state index contributed by atoms with van der Waals surface area (Å²) < 4.78 is 35.0. The van der Waals surface area contributed by atoms with Gasteiger partial charge in [-0.2, -0.15) is 8.42 Å². The second-order valence-electron chi connectivity index (χ2n) is 9.11. The molecule has 0 aromatic heterocycles. The Kier molecular flexibility index (Phi) is 7.16. The molecular formula is C26H32N4O4S. The SMILES string of the molecule is COc1ccc(C2=C(C)C(N3CCC(C(=O)NCc4ccc(N(C)C)cc4)CC3)=NS2(=O)=O)cc1. The van der Waals surface area contributed by atoms with Gasteiger partial charge in [0, 0.05) is 50.9 Å². The molecule has 2 aliphatic rings. The van der Waals surface area contributed by atoms with Crippen LogP contribution in [0.25, 0.3) is 4.91 Å². The third-order valence-corrected chi connectivity index (χ3v) is 8.05. The van der Waals surface area contributed by atoms with Gasteiger partial charge in [0.15, 0.2) is 0 Å². The van der Waals surface area contributed by atoms with Crippen molar-refractivity contribution in [3.8, 4) is 5.75 Å². The molecule has 0 radical (unpaired) electrons. The number of rotatable bonds is 6. The van der Waals surface area contributed by atoms with Crippen molar-refractivity contribution >= 4 is 32.4 Å². The van der Waals surface area contributed by atoms with E-state index in [1.54, 1.807) is 38.3 Å². The number of amides is 1. The van der Waals surface area contributed by atoms with Gasteiger partial charge in [-0.1, -0.05) is 12.1 Å². The van der Waals surface area contributed by atoms with E-state index in [0.29, 0.717) is 55.2 Å². The van der Waals surface area contributed by atoms with Crippen LogP contribution >= 0.6 is 0 Å². The lowest BCUT2D eigenvalue weighted by Gasteiger charge is -2.32. The highest BCUT2D eigenvalue weighted by Gasteiger charge is 2.35. The highest BCUT2D eigenvalue weighted by molar-refractivity contribution is 8.00. The average Bonchev–Trinajstić information content (AvgIpc) is 3.11. The number of piperidine rings is 1. The zero-order valence-electron chi connectivity index (χ0n) is 20.6. The molecule has 1 amide bonds. The number of hydrogen-bond donors (Lipinski definition) is 1. The number of amidine groups is 1. The first-order chi connectivity index (χ1) is 16.7. The summed E-state index contributed by atoms with van der Waals surface area (Å²) in [7, 11) is 1.77. The number of ether oxygens (including phenoxy) is 1. The largest absolute Gasteiger partial charge is 0.497 e. The lowest BCUT2D eigenvalue weighted by molar-refractivity contribution is -0.126. The monoisotopic (exact) mass is 496 g/mol. The third-order valence-electron chi connectivity index (χ3n) is 6.58. The van der Waals surface area contributed by atoms with Gasteiger partial charge in [0.1, 0.15) is 16.5 Å². The lowest BCUT2D eigenvalue weighted by Crippen LogP contribution is -2.43. The van der Waals surface area contributed by atoms with E-state index in [0.717, 1.165) is 11.3 Å². The summed E-state index contributed by atoms with van der Waals surface area (Å²) in [5.41, 5.74) is 3.40. The molecule has 2 heterocycles. The van der Waals surface area contributed by atoms with Crippen molar-refractivity contribution in [1.82, 2.24) is 10.2 Å². The topological polar surface area (TPSA) is 91.3 Å². The van der Waals surface area contributed by atoms with Crippen molar-refractivity contribution in [3.05, 3.63) is 65.2 Å². The third kappa shape index (κ3) is 5.35. The summed E-state index contributed by atoms with van der Waals surface area (Å²) in [5, 5.41) is 3.04. The molecule has 0 bridgehead atoms. The lowest BCUT2D eigenvalue weighted by atomic mass is 9.95. The van der Waals surface area contributed by atoms with E-state index >= 15 is 0 Å². The van der Waals surface area contributed by atoms with Crippen molar-refractivity contribution < 1.29 is 17.9 Å². The first-order valence-corrected chi connectivity index (χ1v) is 13.1. The number of methoxy groups -OCH3 is 1. The van der Waals surface area contributed by atoms with Gasteiger partial charge in [0.2, 0.25) is 5.91 Å². The summed E-state index contributed by atoms with van der Waals surface area (Å²) in [4.78, 5) is 17.0. The molecule has 2 aromatic carbocycles. The number of carbonyl (C=O) groups excluding carboxylic acids is 1. The molecule has 8 nitrogen and oxygen atoms in total. The molecule has 9 heteroatoms. The van der Waals surface area contributed by atoms with Gasteiger partial charge in [0.05, 0.1) is 7.11 Å². The first kappa shape index (κ1) is 24.8. The number of nitrogens with one attached hydrogen (secondary N) is 1. The number of nitrogens with zero attached hydrogens (tertiary/aromatic N) is 3. The number of anilines is 1. The molecule has 1 N–H and O–H groups in total. The second-order valence-corrected chi connectivity index (χ2v) is 10.7. The van der Waals surface area contributed by atoms with E-state index in [4.69, 9.17) is 4.74 Å². The Morgan fingerprint density at radius 1 is 1.09 bits per heavy atom. The van der Waals surface area contributed by atoms with Crippen LogP contribution in [0, 0.1) is 5.92 Å². The standard InChI is InChI=1S/C26H32N4O4S/c1-18-24(20-7-11-23(34-4)12-8-20)35(32,33)28-25(18)30-15-13-21(14-16-30)26(31)27-17-19-5-9-22(10-6-19)29(2)3/h5-12,21H,13-17H2,1-4H3,(H,27,31). The number of sulfonamides is 1. The highest BCUT2D eigenvalue weighted by atomic mass is 32.2. The van der Waals surface area contributed by atoms with Crippen LogP contribution in [0.4, 0.5) is 5.69 Å². The number of carbonyl (C=O) groups is 1. The smallest absolute Gasteiger partial charge is 0.285 e. The van der Waals surface area contributed by atoms with Crippen LogP contribution in [-0.2, 0) is 21.4 Å². The normalized spacial score (nSPS) is 17.8. The number of hydrogen-bond acceptors (Lipinski definition) is 6. The van der Waals surface area contributed by atoms with Crippen LogP contribution in [-0.4, -0.2) is 59.4 Å². The molecule has 35 heavy (non-hydrogen) atoms. The zero-order chi connectivity index (χ0) is 25.2. The zero-order valence-corrected chi connectivity index (χ0v) is 21.4. The molecule has 0 spiro atoms. The maximum Gasteiger partial charge on any atom is 0.285 e. The molecule has 186 valence electrons. The average molecular weight is 497 g/mol. The highest BCUT2D eigenvalue weighted by Crippen LogP contribution is 2.35.